The van der Waals surface area contributed by atoms with Gasteiger partial charge in [0.15, 0.2) is 0 Å². The molecule has 0 fully saturated rings. The van der Waals surface area contributed by atoms with Crippen LogP contribution in [0.3, 0.4) is 0 Å². The van der Waals surface area contributed by atoms with Gasteiger partial charge in [-0.1, -0.05) is 6.92 Å². The second-order valence-corrected chi connectivity index (χ2v) is 1.47. The van der Waals surface area contributed by atoms with Crippen molar-refractivity contribution in [3.63, 3.8) is 0 Å². The van der Waals surface area contributed by atoms with Gasteiger partial charge in [-0.15, -0.1) is 6.42 Å². The van der Waals surface area contributed by atoms with Crippen LogP contribution in [0, 0.1) is 13.5 Å². The number of hydrogen-bond acceptors (Lipinski definition) is 0. The first kappa shape index (κ1) is 11.2. The minimum absolute atomic E-state index is 0. The molecule has 0 spiro atoms. The maximum atomic E-state index is 3.12. The van der Waals surface area contributed by atoms with Crippen molar-refractivity contribution in [3.8, 4) is 0 Å². The third-order valence-electron chi connectivity index (χ3n) is 0.867. The van der Waals surface area contributed by atoms with Crippen LogP contribution < -0.4 is 0 Å². The van der Waals surface area contributed by atoms with E-state index in [9.17, 15) is 0 Å². The summed E-state index contributed by atoms with van der Waals surface area (Å²) in [5, 5.41) is 0. The zero-order valence-corrected chi connectivity index (χ0v) is 8.95. The smallest absolute Gasteiger partial charge is 0 e. The van der Waals surface area contributed by atoms with Crippen LogP contribution in [0.1, 0.15) is 13.3 Å². The van der Waals surface area contributed by atoms with E-state index >= 15 is 0 Å². The minimum Gasteiger partial charge on any atom is -0.358 e. The number of hydrogen-bond donors (Lipinski definition) is 0. The van der Waals surface area contributed by atoms with Crippen LogP contribution >= 0.6 is 0 Å². The van der Waals surface area contributed by atoms with Gasteiger partial charge in [0.05, 0.1) is 0 Å². The zero-order valence-electron chi connectivity index (χ0n) is 5.36. The Labute approximate surface area is 70.5 Å². The van der Waals surface area contributed by atoms with Crippen LogP contribution in [0.15, 0.2) is 17.7 Å². The molecule has 0 unspecified atom stereocenters. The first-order valence-corrected chi connectivity index (χ1v) is 2.13. The van der Waals surface area contributed by atoms with Gasteiger partial charge in [0.2, 0.25) is 0 Å². The maximum absolute atomic E-state index is 3.12. The standard InChI is InChI=1S/C6H7.CH3.Hf/c1-6-4-2-3-5-6;;/h2,4H,3H2,1H3;1H3;/q2*-1;. The van der Waals surface area contributed by atoms with E-state index in [0.29, 0.717) is 0 Å². The molecule has 0 saturated carbocycles. The second kappa shape index (κ2) is 5.49. The van der Waals surface area contributed by atoms with Gasteiger partial charge in [0.25, 0.3) is 0 Å². The summed E-state index contributed by atoms with van der Waals surface area (Å²) in [7, 11) is 0. The average molecular weight is 273 g/mol. The third-order valence-corrected chi connectivity index (χ3v) is 0.867. The van der Waals surface area contributed by atoms with Crippen molar-refractivity contribution in [2.24, 2.45) is 0 Å². The molecule has 0 bridgehead atoms. The summed E-state index contributed by atoms with van der Waals surface area (Å²) in [5.41, 5.74) is 1.27. The molecule has 0 radical (unpaired) electrons. The van der Waals surface area contributed by atoms with Crippen LogP contribution in [-0.4, -0.2) is 0 Å². The van der Waals surface area contributed by atoms with Crippen molar-refractivity contribution in [2.75, 3.05) is 0 Å². The normalized spacial score (nSPS) is 13.9. The van der Waals surface area contributed by atoms with Gasteiger partial charge in [-0.05, 0) is 0 Å². The monoisotopic (exact) mass is 274 g/mol. The average Bonchev–Trinajstić information content (AvgIpc) is 1.86. The Morgan fingerprint density at radius 3 is 2.38 bits per heavy atom. The van der Waals surface area contributed by atoms with Gasteiger partial charge in [-0.3, -0.25) is 6.08 Å². The topological polar surface area (TPSA) is 0 Å². The predicted molar refractivity (Wildman–Crippen MR) is 32.6 cm³/mol. The summed E-state index contributed by atoms with van der Waals surface area (Å²) in [4.78, 5) is 0. The molecule has 0 aromatic carbocycles. The first-order chi connectivity index (χ1) is 2.89. The molecule has 0 heterocycles. The van der Waals surface area contributed by atoms with Crippen molar-refractivity contribution < 1.29 is 25.8 Å². The fourth-order valence-corrected chi connectivity index (χ4v) is 0.515. The summed E-state index contributed by atoms with van der Waals surface area (Å²) in [6.45, 7) is 2.06. The fraction of sp³-hybridized carbons (Fsp3) is 0.286. The van der Waals surface area contributed by atoms with E-state index in [2.05, 4.69) is 25.2 Å². The van der Waals surface area contributed by atoms with E-state index in [1.54, 1.807) is 0 Å². The Kier molecular flexibility index (Phi) is 7.67. The molecule has 1 rings (SSSR count). The Hall–Kier alpha value is 0.350. The van der Waals surface area contributed by atoms with Crippen molar-refractivity contribution in [3.05, 3.63) is 31.2 Å². The molecule has 0 aliphatic heterocycles. The Morgan fingerprint density at radius 1 is 1.62 bits per heavy atom. The van der Waals surface area contributed by atoms with Gasteiger partial charge in [0, 0.05) is 25.8 Å². The Morgan fingerprint density at radius 2 is 2.25 bits per heavy atom. The molecule has 1 aliphatic rings. The van der Waals surface area contributed by atoms with Crippen LogP contribution in [-0.2, 0) is 25.8 Å². The van der Waals surface area contributed by atoms with E-state index in [0.717, 1.165) is 6.42 Å². The molecule has 0 atom stereocenters. The summed E-state index contributed by atoms with van der Waals surface area (Å²) in [6, 6.07) is 0. The predicted octanol–water partition coefficient (Wildman–Crippen LogP) is 2.14. The third kappa shape index (κ3) is 3.36. The molecule has 0 nitrogen and oxygen atoms in total. The van der Waals surface area contributed by atoms with Crippen molar-refractivity contribution in [1.82, 2.24) is 0 Å². The summed E-state index contributed by atoms with van der Waals surface area (Å²) in [6.07, 6.45) is 8.33. The molecule has 44 valence electrons. The van der Waals surface area contributed by atoms with Gasteiger partial charge < -0.3 is 7.43 Å². The van der Waals surface area contributed by atoms with Gasteiger partial charge >= 0.3 is 0 Å². The van der Waals surface area contributed by atoms with Crippen molar-refractivity contribution >= 4 is 0 Å². The maximum Gasteiger partial charge on any atom is 0 e. The minimum atomic E-state index is 0. The van der Waals surface area contributed by atoms with Crippen molar-refractivity contribution in [2.45, 2.75) is 13.3 Å². The molecular weight excluding hydrogens is 263 g/mol. The fourth-order valence-electron chi connectivity index (χ4n) is 0.515. The quantitative estimate of drug-likeness (QED) is 0.468. The Balaban J connectivity index is 0. The molecule has 0 aromatic heterocycles. The molecule has 0 N–H and O–H groups in total. The van der Waals surface area contributed by atoms with Crippen LogP contribution in [0.4, 0.5) is 0 Å². The first-order valence-electron chi connectivity index (χ1n) is 2.13. The summed E-state index contributed by atoms with van der Waals surface area (Å²) in [5.74, 6) is 0. The van der Waals surface area contributed by atoms with Crippen LogP contribution in [0.2, 0.25) is 0 Å². The molecule has 1 heteroatoms. The van der Waals surface area contributed by atoms with E-state index in [4.69, 9.17) is 0 Å². The number of allylic oxidation sites excluding steroid dienone is 4. The molecular formula is C7H10Hf-2. The summed E-state index contributed by atoms with van der Waals surface area (Å²) >= 11 is 0. The van der Waals surface area contributed by atoms with E-state index in [1.807, 2.05) is 0 Å². The van der Waals surface area contributed by atoms with Crippen LogP contribution in [0.25, 0.3) is 0 Å². The van der Waals surface area contributed by atoms with E-state index in [1.165, 1.54) is 5.57 Å². The molecule has 1 aliphatic carbocycles. The van der Waals surface area contributed by atoms with Gasteiger partial charge in [-0.25, -0.2) is 11.6 Å². The van der Waals surface area contributed by atoms with Crippen LogP contribution in [0.5, 0.6) is 0 Å². The second-order valence-electron chi connectivity index (χ2n) is 1.47. The van der Waals surface area contributed by atoms with E-state index in [-0.39, 0.29) is 33.3 Å². The largest absolute Gasteiger partial charge is 0.358 e. The summed E-state index contributed by atoms with van der Waals surface area (Å²) < 4.78 is 0. The SMILES string of the molecule is CC1=[C-]CC=C1.[CH3-].[Hf]. The van der Waals surface area contributed by atoms with Crippen molar-refractivity contribution in [1.29, 1.82) is 0 Å². The van der Waals surface area contributed by atoms with E-state index < -0.39 is 0 Å². The van der Waals surface area contributed by atoms with Gasteiger partial charge in [-0.2, -0.15) is 6.08 Å². The molecule has 0 amide bonds. The molecule has 0 aromatic rings. The molecule has 8 heavy (non-hydrogen) atoms. The zero-order chi connectivity index (χ0) is 4.41. The van der Waals surface area contributed by atoms with Gasteiger partial charge in [0.1, 0.15) is 0 Å². The molecule has 0 saturated heterocycles. The Bertz CT molecular complexity index is 98.2. The number of rotatable bonds is 0.